The fraction of sp³-hybridized carbons (Fsp3) is 0.857. The van der Waals surface area contributed by atoms with Gasteiger partial charge in [0, 0.05) is 13.1 Å². The summed E-state index contributed by atoms with van der Waals surface area (Å²) >= 11 is 4.06. The summed E-state index contributed by atoms with van der Waals surface area (Å²) in [6.45, 7) is 3.32. The Morgan fingerprint density at radius 3 is 2.64 bits per heavy atom. The summed E-state index contributed by atoms with van der Waals surface area (Å²) in [5.74, 6) is 0.886. The van der Waals surface area contributed by atoms with Crippen molar-refractivity contribution < 1.29 is 4.79 Å². The van der Waals surface area contributed by atoms with Gasteiger partial charge in [0.2, 0.25) is 0 Å². The lowest BCUT2D eigenvalue weighted by atomic mass is 10.3. The van der Waals surface area contributed by atoms with Crippen LogP contribution in [0.2, 0.25) is 0 Å². The predicted octanol–water partition coefficient (Wildman–Crippen LogP) is 1.02. The fourth-order valence-corrected chi connectivity index (χ4v) is 0.885. The molecule has 2 amide bonds. The van der Waals surface area contributed by atoms with Crippen molar-refractivity contribution in [3.05, 3.63) is 0 Å². The van der Waals surface area contributed by atoms with Crippen LogP contribution in [0.1, 0.15) is 19.8 Å². The second kappa shape index (κ2) is 7.72. The zero-order valence-corrected chi connectivity index (χ0v) is 7.79. The number of thiol groups is 1. The van der Waals surface area contributed by atoms with Gasteiger partial charge in [0.05, 0.1) is 0 Å². The van der Waals surface area contributed by atoms with Crippen LogP contribution in [0.15, 0.2) is 0 Å². The second-order valence-corrected chi connectivity index (χ2v) is 2.66. The van der Waals surface area contributed by atoms with Crippen molar-refractivity contribution in [3.8, 4) is 0 Å². The van der Waals surface area contributed by atoms with Gasteiger partial charge in [0.25, 0.3) is 0 Å². The van der Waals surface area contributed by atoms with E-state index in [1.165, 1.54) is 0 Å². The van der Waals surface area contributed by atoms with E-state index >= 15 is 0 Å². The normalized spacial score (nSPS) is 9.27. The number of nitrogens with one attached hydrogen (secondary N) is 2. The molecule has 0 radical (unpaired) electrons. The molecule has 0 unspecified atom stereocenters. The molecule has 0 atom stereocenters. The first-order chi connectivity index (χ1) is 5.31. The van der Waals surface area contributed by atoms with Gasteiger partial charge in [-0.05, 0) is 25.5 Å². The maximum atomic E-state index is 10.8. The minimum absolute atomic E-state index is 0.0772. The molecule has 0 bridgehead atoms. The van der Waals surface area contributed by atoms with Gasteiger partial charge in [-0.3, -0.25) is 0 Å². The summed E-state index contributed by atoms with van der Waals surface area (Å²) in [5.41, 5.74) is 0. The number of carbonyl (C=O) groups is 1. The van der Waals surface area contributed by atoms with E-state index in [0.717, 1.165) is 25.1 Å². The monoisotopic (exact) mass is 176 g/mol. The number of rotatable bonds is 5. The highest BCUT2D eigenvalue weighted by Crippen LogP contribution is 1.88. The van der Waals surface area contributed by atoms with Crippen LogP contribution in [0, 0.1) is 0 Å². The molecule has 3 nitrogen and oxygen atoms in total. The quantitative estimate of drug-likeness (QED) is 0.425. The number of amides is 2. The Kier molecular flexibility index (Phi) is 7.46. The van der Waals surface area contributed by atoms with Gasteiger partial charge in [0.1, 0.15) is 0 Å². The largest absolute Gasteiger partial charge is 0.338 e. The molecular weight excluding hydrogens is 160 g/mol. The van der Waals surface area contributed by atoms with E-state index in [4.69, 9.17) is 0 Å². The first-order valence-electron chi connectivity index (χ1n) is 3.93. The Balaban J connectivity index is 3.04. The van der Waals surface area contributed by atoms with Crippen molar-refractivity contribution in [2.75, 3.05) is 18.8 Å². The number of hydrogen-bond donors (Lipinski definition) is 3. The summed E-state index contributed by atoms with van der Waals surface area (Å²) in [7, 11) is 0. The van der Waals surface area contributed by atoms with E-state index in [9.17, 15) is 4.79 Å². The van der Waals surface area contributed by atoms with Gasteiger partial charge in [-0.25, -0.2) is 4.79 Å². The number of carbonyl (C=O) groups excluding carboxylic acids is 1. The molecule has 2 N–H and O–H groups in total. The predicted molar refractivity (Wildman–Crippen MR) is 50.2 cm³/mol. The fourth-order valence-electron chi connectivity index (χ4n) is 0.662. The molecule has 0 heterocycles. The van der Waals surface area contributed by atoms with Crippen LogP contribution in [0.5, 0.6) is 0 Å². The van der Waals surface area contributed by atoms with Gasteiger partial charge >= 0.3 is 6.03 Å². The van der Waals surface area contributed by atoms with E-state index in [1.807, 2.05) is 6.92 Å². The van der Waals surface area contributed by atoms with E-state index < -0.39 is 0 Å². The van der Waals surface area contributed by atoms with Gasteiger partial charge in [-0.1, -0.05) is 0 Å². The molecular formula is C7H16N2OS. The molecule has 0 aliphatic rings. The van der Waals surface area contributed by atoms with Crippen LogP contribution in [-0.2, 0) is 0 Å². The first-order valence-corrected chi connectivity index (χ1v) is 4.57. The number of hydrogen-bond acceptors (Lipinski definition) is 2. The molecule has 0 fully saturated rings. The number of unbranched alkanes of at least 4 members (excludes halogenated alkanes) is 1. The standard InChI is InChI=1S/C7H16N2OS/c1-2-8-7(10)9-5-3-4-6-11/h11H,2-6H2,1H3,(H2,8,9,10). The molecule has 11 heavy (non-hydrogen) atoms. The Morgan fingerprint density at radius 2 is 2.09 bits per heavy atom. The Morgan fingerprint density at radius 1 is 1.36 bits per heavy atom. The minimum atomic E-state index is -0.0772. The lowest BCUT2D eigenvalue weighted by Crippen LogP contribution is -2.35. The van der Waals surface area contributed by atoms with E-state index in [-0.39, 0.29) is 6.03 Å². The van der Waals surface area contributed by atoms with Crippen LogP contribution in [0.3, 0.4) is 0 Å². The third kappa shape index (κ3) is 7.52. The molecule has 0 aromatic carbocycles. The van der Waals surface area contributed by atoms with Crippen LogP contribution in [0.25, 0.3) is 0 Å². The molecule has 0 rings (SSSR count). The molecule has 0 aliphatic carbocycles. The molecule has 0 saturated carbocycles. The van der Waals surface area contributed by atoms with Crippen molar-refractivity contribution in [2.24, 2.45) is 0 Å². The highest BCUT2D eigenvalue weighted by molar-refractivity contribution is 7.80. The molecule has 0 spiro atoms. The maximum Gasteiger partial charge on any atom is 0.314 e. The third-order valence-electron chi connectivity index (χ3n) is 1.21. The van der Waals surface area contributed by atoms with Crippen molar-refractivity contribution >= 4 is 18.7 Å². The van der Waals surface area contributed by atoms with Crippen molar-refractivity contribution in [2.45, 2.75) is 19.8 Å². The van der Waals surface area contributed by atoms with Crippen molar-refractivity contribution in [1.29, 1.82) is 0 Å². The van der Waals surface area contributed by atoms with Crippen LogP contribution >= 0.6 is 12.6 Å². The topological polar surface area (TPSA) is 41.1 Å². The van der Waals surface area contributed by atoms with E-state index in [1.54, 1.807) is 0 Å². The van der Waals surface area contributed by atoms with Crippen molar-refractivity contribution in [3.63, 3.8) is 0 Å². The zero-order chi connectivity index (χ0) is 8.53. The summed E-state index contributed by atoms with van der Waals surface area (Å²) in [5, 5.41) is 5.39. The maximum absolute atomic E-state index is 10.8. The lowest BCUT2D eigenvalue weighted by molar-refractivity contribution is 0.241. The van der Waals surface area contributed by atoms with Crippen LogP contribution in [0.4, 0.5) is 4.79 Å². The van der Waals surface area contributed by atoms with Gasteiger partial charge in [-0.2, -0.15) is 12.6 Å². The van der Waals surface area contributed by atoms with Crippen molar-refractivity contribution in [1.82, 2.24) is 10.6 Å². The average Bonchev–Trinajstić information content (AvgIpc) is 1.99. The van der Waals surface area contributed by atoms with Gasteiger partial charge in [-0.15, -0.1) is 0 Å². The Labute approximate surface area is 73.3 Å². The Bertz CT molecular complexity index is 109. The zero-order valence-electron chi connectivity index (χ0n) is 6.89. The summed E-state index contributed by atoms with van der Waals surface area (Å²) in [6, 6.07) is -0.0772. The molecule has 0 aromatic heterocycles. The highest BCUT2D eigenvalue weighted by atomic mass is 32.1. The minimum Gasteiger partial charge on any atom is -0.338 e. The van der Waals surface area contributed by atoms with E-state index in [0.29, 0.717) is 6.54 Å². The first kappa shape index (κ1) is 10.6. The lowest BCUT2D eigenvalue weighted by Gasteiger charge is -2.03. The molecule has 0 saturated heterocycles. The SMILES string of the molecule is CCNC(=O)NCCCCS. The van der Waals surface area contributed by atoms with Gasteiger partial charge in [0.15, 0.2) is 0 Å². The van der Waals surface area contributed by atoms with E-state index in [2.05, 4.69) is 23.3 Å². The molecule has 66 valence electrons. The molecule has 0 aliphatic heterocycles. The summed E-state index contributed by atoms with van der Waals surface area (Å²) in [4.78, 5) is 10.8. The van der Waals surface area contributed by atoms with Gasteiger partial charge < -0.3 is 10.6 Å². The average molecular weight is 176 g/mol. The molecule has 4 heteroatoms. The third-order valence-corrected chi connectivity index (χ3v) is 1.52. The highest BCUT2D eigenvalue weighted by Gasteiger charge is 1.94. The van der Waals surface area contributed by atoms with Crippen LogP contribution in [-0.4, -0.2) is 24.9 Å². The van der Waals surface area contributed by atoms with Crippen LogP contribution < -0.4 is 10.6 Å². The second-order valence-electron chi connectivity index (χ2n) is 2.22. The Hall–Kier alpha value is -0.380. The summed E-state index contributed by atoms with van der Waals surface area (Å²) < 4.78 is 0. The molecule has 0 aromatic rings. The smallest absolute Gasteiger partial charge is 0.314 e. The number of urea groups is 1. The summed E-state index contributed by atoms with van der Waals surface area (Å²) in [6.07, 6.45) is 2.05.